The van der Waals surface area contributed by atoms with Gasteiger partial charge in [0.2, 0.25) is 16.6 Å². The third-order valence-corrected chi connectivity index (χ3v) is 9.93. The van der Waals surface area contributed by atoms with Crippen LogP contribution in [0.3, 0.4) is 0 Å². The standard InChI is InChI=1S/C20H30O2Si2/c1-17(21-23(3,4)19-13-9-7-10-14-19)18(2)22-24(5,6)20-15-11-8-12-16-20/h7-18H,1-6H3. The zero-order valence-electron chi connectivity index (χ0n) is 15.7. The minimum Gasteiger partial charge on any atom is -0.408 e. The lowest BCUT2D eigenvalue weighted by Crippen LogP contribution is -2.53. The van der Waals surface area contributed by atoms with Gasteiger partial charge in [0, 0.05) is 0 Å². The lowest BCUT2D eigenvalue weighted by Gasteiger charge is -2.35. The summed E-state index contributed by atoms with van der Waals surface area (Å²) in [6.45, 7) is 13.3. The monoisotopic (exact) mass is 358 g/mol. The van der Waals surface area contributed by atoms with Gasteiger partial charge >= 0.3 is 0 Å². The van der Waals surface area contributed by atoms with Crippen LogP contribution >= 0.6 is 0 Å². The van der Waals surface area contributed by atoms with E-state index in [-0.39, 0.29) is 12.2 Å². The third kappa shape index (κ3) is 4.90. The lowest BCUT2D eigenvalue weighted by molar-refractivity contribution is 0.0705. The third-order valence-electron chi connectivity index (χ3n) is 4.56. The predicted octanol–water partition coefficient (Wildman–Crippen LogP) is 4.02. The average molecular weight is 359 g/mol. The van der Waals surface area contributed by atoms with Crippen molar-refractivity contribution in [2.75, 3.05) is 0 Å². The summed E-state index contributed by atoms with van der Waals surface area (Å²) in [6.07, 6.45) is 0.143. The van der Waals surface area contributed by atoms with Crippen molar-refractivity contribution < 1.29 is 8.85 Å². The van der Waals surface area contributed by atoms with E-state index < -0.39 is 16.6 Å². The molecule has 0 aliphatic carbocycles. The Hall–Kier alpha value is -1.21. The molecule has 0 saturated carbocycles. The maximum atomic E-state index is 6.50. The first kappa shape index (κ1) is 19.1. The highest BCUT2D eigenvalue weighted by atomic mass is 28.4. The van der Waals surface area contributed by atoms with E-state index in [1.165, 1.54) is 10.4 Å². The molecule has 0 aromatic heterocycles. The molecule has 0 spiro atoms. The lowest BCUT2D eigenvalue weighted by atomic mass is 10.3. The quantitative estimate of drug-likeness (QED) is 0.696. The van der Waals surface area contributed by atoms with Crippen LogP contribution in [0.1, 0.15) is 13.8 Å². The van der Waals surface area contributed by atoms with E-state index in [2.05, 4.69) is 101 Å². The summed E-state index contributed by atoms with van der Waals surface area (Å²) < 4.78 is 13.0. The summed E-state index contributed by atoms with van der Waals surface area (Å²) in [6, 6.07) is 21.1. The molecule has 2 rings (SSSR count). The van der Waals surface area contributed by atoms with E-state index in [1.54, 1.807) is 0 Å². The van der Waals surface area contributed by atoms with Gasteiger partial charge in [-0.2, -0.15) is 0 Å². The van der Waals surface area contributed by atoms with Crippen LogP contribution < -0.4 is 10.4 Å². The molecule has 0 fully saturated rings. The molecule has 0 N–H and O–H groups in total. The summed E-state index contributed by atoms with van der Waals surface area (Å²) >= 11 is 0. The molecule has 24 heavy (non-hydrogen) atoms. The number of benzene rings is 2. The largest absolute Gasteiger partial charge is 0.408 e. The molecule has 2 atom stereocenters. The second kappa shape index (κ2) is 7.78. The van der Waals surface area contributed by atoms with Crippen LogP contribution in [-0.2, 0) is 8.85 Å². The first-order valence-electron chi connectivity index (χ1n) is 8.69. The van der Waals surface area contributed by atoms with E-state index in [4.69, 9.17) is 8.85 Å². The Kier molecular flexibility index (Phi) is 6.20. The molecule has 2 aromatic carbocycles. The Labute approximate surface area is 149 Å². The molecule has 2 unspecified atom stereocenters. The van der Waals surface area contributed by atoms with Crippen LogP contribution in [0, 0.1) is 0 Å². The fourth-order valence-electron chi connectivity index (χ4n) is 2.94. The first-order valence-corrected chi connectivity index (χ1v) is 14.5. The van der Waals surface area contributed by atoms with Crippen molar-refractivity contribution in [1.29, 1.82) is 0 Å². The van der Waals surface area contributed by atoms with Gasteiger partial charge in [0.25, 0.3) is 0 Å². The first-order chi connectivity index (χ1) is 11.2. The smallest absolute Gasteiger partial charge is 0.218 e. The molecule has 0 aliphatic rings. The Balaban J connectivity index is 2.03. The van der Waals surface area contributed by atoms with Gasteiger partial charge < -0.3 is 8.85 Å². The van der Waals surface area contributed by atoms with Crippen molar-refractivity contribution in [2.45, 2.75) is 52.2 Å². The van der Waals surface area contributed by atoms with Crippen molar-refractivity contribution in [2.24, 2.45) is 0 Å². The van der Waals surface area contributed by atoms with E-state index in [9.17, 15) is 0 Å². The highest BCUT2D eigenvalue weighted by Gasteiger charge is 2.33. The van der Waals surface area contributed by atoms with Gasteiger partial charge in [-0.3, -0.25) is 0 Å². The zero-order chi connectivity index (χ0) is 17.8. The molecule has 2 aromatic rings. The van der Waals surface area contributed by atoms with E-state index in [1.807, 2.05) is 0 Å². The fourth-order valence-corrected chi connectivity index (χ4v) is 7.44. The molecule has 0 radical (unpaired) electrons. The highest BCUT2D eigenvalue weighted by molar-refractivity contribution is 6.85. The van der Waals surface area contributed by atoms with Gasteiger partial charge in [0.1, 0.15) is 0 Å². The maximum Gasteiger partial charge on any atom is 0.218 e. The van der Waals surface area contributed by atoms with Crippen molar-refractivity contribution in [3.8, 4) is 0 Å². The van der Waals surface area contributed by atoms with Crippen LogP contribution in [0.2, 0.25) is 26.2 Å². The molecular weight excluding hydrogens is 328 g/mol. The maximum absolute atomic E-state index is 6.50. The number of hydrogen-bond donors (Lipinski definition) is 0. The van der Waals surface area contributed by atoms with Gasteiger partial charge in [-0.15, -0.1) is 0 Å². The predicted molar refractivity (Wildman–Crippen MR) is 108 cm³/mol. The molecule has 0 heterocycles. The molecular formula is C20H30O2Si2. The van der Waals surface area contributed by atoms with Crippen molar-refractivity contribution in [1.82, 2.24) is 0 Å². The Morgan fingerprint density at radius 3 is 1.17 bits per heavy atom. The molecule has 0 amide bonds. The van der Waals surface area contributed by atoms with Crippen LogP contribution in [0.5, 0.6) is 0 Å². The molecule has 0 aliphatic heterocycles. The topological polar surface area (TPSA) is 18.5 Å². The van der Waals surface area contributed by atoms with Crippen molar-refractivity contribution >= 4 is 27.0 Å². The van der Waals surface area contributed by atoms with E-state index in [0.717, 1.165) is 0 Å². The van der Waals surface area contributed by atoms with Crippen molar-refractivity contribution in [3.05, 3.63) is 60.7 Å². The number of hydrogen-bond acceptors (Lipinski definition) is 2. The molecule has 0 bridgehead atoms. The van der Waals surface area contributed by atoms with Gasteiger partial charge in [0.05, 0.1) is 12.2 Å². The van der Waals surface area contributed by atoms with Crippen molar-refractivity contribution in [3.63, 3.8) is 0 Å². The van der Waals surface area contributed by atoms with Crippen LogP contribution in [0.15, 0.2) is 60.7 Å². The molecule has 0 saturated heterocycles. The normalized spacial score (nSPS) is 15.1. The molecule has 2 nitrogen and oxygen atoms in total. The Morgan fingerprint density at radius 1 is 0.583 bits per heavy atom. The summed E-state index contributed by atoms with van der Waals surface area (Å²) in [4.78, 5) is 0. The van der Waals surface area contributed by atoms with Gasteiger partial charge in [-0.05, 0) is 50.4 Å². The van der Waals surface area contributed by atoms with Crippen LogP contribution in [-0.4, -0.2) is 28.8 Å². The minimum absolute atomic E-state index is 0.0716. The minimum atomic E-state index is -1.92. The van der Waals surface area contributed by atoms with Crippen LogP contribution in [0.25, 0.3) is 0 Å². The second-order valence-corrected chi connectivity index (χ2v) is 15.1. The summed E-state index contributed by atoms with van der Waals surface area (Å²) in [7, 11) is -3.85. The average Bonchev–Trinajstić information content (AvgIpc) is 2.55. The summed E-state index contributed by atoms with van der Waals surface area (Å²) in [5.74, 6) is 0. The van der Waals surface area contributed by atoms with Crippen LogP contribution in [0.4, 0.5) is 0 Å². The van der Waals surface area contributed by atoms with E-state index in [0.29, 0.717) is 0 Å². The van der Waals surface area contributed by atoms with Gasteiger partial charge in [-0.25, -0.2) is 0 Å². The van der Waals surface area contributed by atoms with E-state index >= 15 is 0 Å². The summed E-state index contributed by atoms with van der Waals surface area (Å²) in [5.41, 5.74) is 0. The van der Waals surface area contributed by atoms with Gasteiger partial charge in [0.15, 0.2) is 0 Å². The SMILES string of the molecule is CC(O[Si](C)(C)c1ccccc1)C(C)O[Si](C)(C)c1ccccc1. The fraction of sp³-hybridized carbons (Fsp3) is 0.400. The Bertz CT molecular complexity index is 569. The Morgan fingerprint density at radius 2 is 0.875 bits per heavy atom. The van der Waals surface area contributed by atoms with Gasteiger partial charge in [-0.1, -0.05) is 60.7 Å². The second-order valence-electron chi connectivity index (χ2n) is 7.40. The molecule has 130 valence electrons. The number of rotatable bonds is 7. The zero-order valence-corrected chi connectivity index (χ0v) is 17.7. The highest BCUT2D eigenvalue weighted by Crippen LogP contribution is 2.17. The molecule has 4 heteroatoms. The summed E-state index contributed by atoms with van der Waals surface area (Å²) in [5, 5.41) is 2.65.